The van der Waals surface area contributed by atoms with Gasteiger partial charge in [-0.1, -0.05) is 36.4 Å². The monoisotopic (exact) mass is 301 g/mol. The first-order valence-electron chi connectivity index (χ1n) is 6.65. The number of para-hydroxylation sites is 1. The van der Waals surface area contributed by atoms with E-state index in [0.29, 0.717) is 11.9 Å². The Kier molecular flexibility index (Phi) is 3.53. The summed E-state index contributed by atoms with van der Waals surface area (Å²) in [6.45, 7) is -0.0145. The van der Waals surface area contributed by atoms with Gasteiger partial charge in [0.25, 0.3) is 10.0 Å². The average molecular weight is 301 g/mol. The Bertz CT molecular complexity index is 867. The summed E-state index contributed by atoms with van der Waals surface area (Å²) in [5.41, 5.74) is 1.46. The van der Waals surface area contributed by atoms with Crippen molar-refractivity contribution in [2.75, 3.05) is 6.61 Å². The highest BCUT2D eigenvalue weighted by atomic mass is 32.2. The van der Waals surface area contributed by atoms with Gasteiger partial charge in [0.05, 0.1) is 10.4 Å². The van der Waals surface area contributed by atoms with Crippen molar-refractivity contribution in [3.05, 3.63) is 66.4 Å². The smallest absolute Gasteiger partial charge is 0.268 e. The molecular formula is C16H15NO3S. The lowest BCUT2D eigenvalue weighted by Gasteiger charge is -2.07. The van der Waals surface area contributed by atoms with Crippen LogP contribution in [0.25, 0.3) is 10.9 Å². The molecule has 1 heterocycles. The molecule has 0 bridgehead atoms. The largest absolute Gasteiger partial charge is 0.396 e. The molecule has 5 heteroatoms. The summed E-state index contributed by atoms with van der Waals surface area (Å²) in [5, 5.41) is 10.0. The highest BCUT2D eigenvalue weighted by Crippen LogP contribution is 2.26. The molecule has 0 spiro atoms. The molecular weight excluding hydrogens is 286 g/mol. The number of benzene rings is 2. The Morgan fingerprint density at radius 1 is 0.952 bits per heavy atom. The third-order valence-corrected chi connectivity index (χ3v) is 5.13. The predicted molar refractivity (Wildman–Crippen MR) is 81.8 cm³/mol. The highest BCUT2D eigenvalue weighted by molar-refractivity contribution is 7.90. The lowest BCUT2D eigenvalue weighted by molar-refractivity contribution is 0.300. The van der Waals surface area contributed by atoms with Gasteiger partial charge >= 0.3 is 0 Å². The van der Waals surface area contributed by atoms with Crippen molar-refractivity contribution in [3.63, 3.8) is 0 Å². The Hall–Kier alpha value is -2.11. The van der Waals surface area contributed by atoms with Gasteiger partial charge in [-0.2, -0.15) is 0 Å². The van der Waals surface area contributed by atoms with Crippen molar-refractivity contribution in [2.45, 2.75) is 11.3 Å². The third-order valence-electron chi connectivity index (χ3n) is 3.44. The van der Waals surface area contributed by atoms with Crippen molar-refractivity contribution in [2.24, 2.45) is 0 Å². The fraction of sp³-hybridized carbons (Fsp3) is 0.125. The summed E-state index contributed by atoms with van der Waals surface area (Å²) in [5.74, 6) is 0. The summed E-state index contributed by atoms with van der Waals surface area (Å²) >= 11 is 0. The van der Waals surface area contributed by atoms with Crippen molar-refractivity contribution in [1.29, 1.82) is 0 Å². The Morgan fingerprint density at radius 2 is 1.62 bits per heavy atom. The summed E-state index contributed by atoms with van der Waals surface area (Å²) in [4.78, 5) is 0.251. The van der Waals surface area contributed by atoms with Crippen LogP contribution in [-0.4, -0.2) is 24.1 Å². The molecule has 1 aromatic heterocycles. The van der Waals surface area contributed by atoms with Crippen molar-refractivity contribution in [1.82, 2.24) is 3.97 Å². The average Bonchev–Trinajstić information content (AvgIpc) is 2.88. The van der Waals surface area contributed by atoms with E-state index in [2.05, 4.69) is 0 Å². The summed E-state index contributed by atoms with van der Waals surface area (Å²) in [6.07, 6.45) is 2.03. The third kappa shape index (κ3) is 2.34. The Labute approximate surface area is 123 Å². The number of rotatable bonds is 4. The summed E-state index contributed by atoms with van der Waals surface area (Å²) in [7, 11) is -3.63. The van der Waals surface area contributed by atoms with Crippen LogP contribution >= 0.6 is 0 Å². The molecule has 1 N–H and O–H groups in total. The molecule has 0 aliphatic rings. The molecule has 3 rings (SSSR count). The zero-order valence-corrected chi connectivity index (χ0v) is 12.1. The molecule has 108 valence electrons. The van der Waals surface area contributed by atoms with Crippen LogP contribution in [0.3, 0.4) is 0 Å². The topological polar surface area (TPSA) is 59.3 Å². The van der Waals surface area contributed by atoms with Crippen molar-refractivity contribution in [3.8, 4) is 0 Å². The number of aromatic nitrogens is 1. The zero-order valence-electron chi connectivity index (χ0n) is 11.3. The van der Waals surface area contributed by atoms with Crippen molar-refractivity contribution < 1.29 is 13.5 Å². The second-order valence-corrected chi connectivity index (χ2v) is 6.57. The number of hydrogen-bond acceptors (Lipinski definition) is 3. The van der Waals surface area contributed by atoms with Crippen LogP contribution < -0.4 is 0 Å². The molecule has 0 amide bonds. The molecule has 0 saturated carbocycles. The second-order valence-electron chi connectivity index (χ2n) is 4.76. The molecule has 0 saturated heterocycles. The standard InChI is InChI=1S/C16H15NO3S/c18-11-10-13-12-17(16-9-5-4-8-15(13)16)21(19,20)14-6-2-1-3-7-14/h1-9,12,18H,10-11H2. The van der Waals surface area contributed by atoms with Crippen LogP contribution in [0.5, 0.6) is 0 Å². The minimum Gasteiger partial charge on any atom is -0.396 e. The zero-order chi connectivity index (χ0) is 14.9. The number of fused-ring (bicyclic) bond motifs is 1. The Balaban J connectivity index is 2.26. The normalized spacial score (nSPS) is 11.9. The quantitative estimate of drug-likeness (QED) is 0.805. The SMILES string of the molecule is O=S(=O)(c1ccccc1)n1cc(CCO)c2ccccc21. The van der Waals surface area contributed by atoms with Crippen LogP contribution in [0.1, 0.15) is 5.56 Å². The molecule has 0 atom stereocenters. The first-order valence-corrected chi connectivity index (χ1v) is 8.09. The van der Waals surface area contributed by atoms with Crippen LogP contribution in [0, 0.1) is 0 Å². The van der Waals surface area contributed by atoms with Gasteiger partial charge in [0.1, 0.15) is 0 Å². The highest BCUT2D eigenvalue weighted by Gasteiger charge is 2.20. The number of aliphatic hydroxyl groups excluding tert-OH is 1. The number of aliphatic hydroxyl groups is 1. The molecule has 4 nitrogen and oxygen atoms in total. The minimum atomic E-state index is -3.63. The van der Waals surface area contributed by atoms with Crippen LogP contribution in [0.15, 0.2) is 65.7 Å². The van der Waals surface area contributed by atoms with Gasteiger partial charge in [-0.3, -0.25) is 0 Å². The molecule has 21 heavy (non-hydrogen) atoms. The van der Waals surface area contributed by atoms with Crippen LogP contribution in [0.2, 0.25) is 0 Å². The first kappa shape index (κ1) is 13.9. The molecule has 3 aromatic rings. The van der Waals surface area contributed by atoms with E-state index in [1.165, 1.54) is 3.97 Å². The molecule has 0 fully saturated rings. The van der Waals surface area contributed by atoms with E-state index in [4.69, 9.17) is 5.11 Å². The number of hydrogen-bond donors (Lipinski definition) is 1. The molecule has 2 aromatic carbocycles. The molecule has 0 aliphatic heterocycles. The van der Waals surface area contributed by atoms with E-state index in [1.54, 1.807) is 42.6 Å². The second kappa shape index (κ2) is 5.35. The van der Waals surface area contributed by atoms with E-state index >= 15 is 0 Å². The van der Waals surface area contributed by atoms with Gasteiger partial charge in [0.2, 0.25) is 0 Å². The van der Waals surface area contributed by atoms with E-state index in [1.807, 2.05) is 18.2 Å². The van der Waals surface area contributed by atoms with Gasteiger partial charge < -0.3 is 5.11 Å². The molecule has 0 aliphatic carbocycles. The van der Waals surface area contributed by atoms with Gasteiger partial charge in [0, 0.05) is 18.2 Å². The van der Waals surface area contributed by atoms with E-state index in [9.17, 15) is 8.42 Å². The summed E-state index contributed by atoms with van der Waals surface area (Å²) < 4.78 is 26.8. The Morgan fingerprint density at radius 3 is 2.33 bits per heavy atom. The minimum absolute atomic E-state index is 0.0145. The molecule has 0 radical (unpaired) electrons. The summed E-state index contributed by atoms with van der Waals surface area (Å²) in [6, 6.07) is 15.7. The van der Waals surface area contributed by atoms with Crippen LogP contribution in [-0.2, 0) is 16.4 Å². The molecule has 0 unspecified atom stereocenters. The van der Waals surface area contributed by atoms with Crippen molar-refractivity contribution >= 4 is 20.9 Å². The fourth-order valence-electron chi connectivity index (χ4n) is 2.44. The van der Waals surface area contributed by atoms with Crippen LogP contribution in [0.4, 0.5) is 0 Å². The van der Waals surface area contributed by atoms with Gasteiger partial charge in [0.15, 0.2) is 0 Å². The maximum absolute atomic E-state index is 12.8. The number of nitrogens with zero attached hydrogens (tertiary/aromatic N) is 1. The lowest BCUT2D eigenvalue weighted by atomic mass is 10.1. The van der Waals surface area contributed by atoms with Gasteiger partial charge in [-0.15, -0.1) is 0 Å². The maximum atomic E-state index is 12.8. The van der Waals surface area contributed by atoms with Gasteiger partial charge in [-0.25, -0.2) is 12.4 Å². The van der Waals surface area contributed by atoms with E-state index in [-0.39, 0.29) is 11.5 Å². The van der Waals surface area contributed by atoms with Gasteiger partial charge in [-0.05, 0) is 30.2 Å². The first-order chi connectivity index (χ1) is 10.1. The maximum Gasteiger partial charge on any atom is 0.268 e. The fourth-order valence-corrected chi connectivity index (χ4v) is 3.85. The predicted octanol–water partition coefficient (Wildman–Crippen LogP) is 2.41. The van der Waals surface area contributed by atoms with E-state index in [0.717, 1.165) is 10.9 Å². The van der Waals surface area contributed by atoms with E-state index < -0.39 is 10.0 Å². The lowest BCUT2D eigenvalue weighted by Crippen LogP contribution is -2.11.